The first-order valence-corrected chi connectivity index (χ1v) is 8.50. The Hall–Kier alpha value is -1.88. The third kappa shape index (κ3) is 4.10. The summed E-state index contributed by atoms with van der Waals surface area (Å²) in [7, 11) is 0. The van der Waals surface area contributed by atoms with Crippen LogP contribution in [-0.2, 0) is 4.79 Å². The predicted molar refractivity (Wildman–Crippen MR) is 92.2 cm³/mol. The topological polar surface area (TPSA) is 75.4 Å². The van der Waals surface area contributed by atoms with Crippen molar-refractivity contribution in [3.63, 3.8) is 0 Å². The van der Waals surface area contributed by atoms with Gasteiger partial charge in [-0.1, -0.05) is 6.42 Å². The molecule has 126 valence electrons. The fraction of sp³-hybridized carbons (Fsp3) is 0.556. The van der Waals surface area contributed by atoms with Crippen molar-refractivity contribution in [3.8, 4) is 0 Å². The largest absolute Gasteiger partial charge is 0.339 e. The van der Waals surface area contributed by atoms with Gasteiger partial charge in [-0.25, -0.2) is 0 Å². The van der Waals surface area contributed by atoms with E-state index in [0.29, 0.717) is 31.1 Å². The van der Waals surface area contributed by atoms with Crippen molar-refractivity contribution in [1.29, 1.82) is 0 Å². The average molecular weight is 317 g/mol. The molecule has 0 aliphatic heterocycles. The summed E-state index contributed by atoms with van der Waals surface area (Å²) < 4.78 is 0. The monoisotopic (exact) mass is 317 g/mol. The lowest BCUT2D eigenvalue weighted by Crippen LogP contribution is -2.30. The second kappa shape index (κ2) is 8.11. The molecule has 23 heavy (non-hydrogen) atoms. The van der Waals surface area contributed by atoms with Crippen LogP contribution in [-0.4, -0.2) is 36.3 Å². The molecule has 2 amide bonds. The molecule has 1 aromatic carbocycles. The van der Waals surface area contributed by atoms with Crippen LogP contribution in [0.15, 0.2) is 24.3 Å². The highest BCUT2D eigenvalue weighted by Gasteiger charge is 2.31. The molecular formula is C18H27N3O2. The van der Waals surface area contributed by atoms with E-state index in [9.17, 15) is 9.59 Å². The van der Waals surface area contributed by atoms with Crippen molar-refractivity contribution in [2.75, 3.05) is 25.0 Å². The lowest BCUT2D eigenvalue weighted by molar-refractivity contribution is -0.120. The normalized spacial score (nSPS) is 20.3. The molecular weight excluding hydrogens is 290 g/mol. The van der Waals surface area contributed by atoms with Gasteiger partial charge in [0.05, 0.1) is 0 Å². The number of carbonyl (C=O) groups excluding carboxylic acids is 2. The van der Waals surface area contributed by atoms with Gasteiger partial charge in [0, 0.05) is 30.3 Å². The van der Waals surface area contributed by atoms with Crippen LogP contribution in [0, 0.1) is 11.8 Å². The first-order valence-electron chi connectivity index (χ1n) is 8.50. The van der Waals surface area contributed by atoms with Gasteiger partial charge < -0.3 is 16.0 Å². The van der Waals surface area contributed by atoms with Gasteiger partial charge in [-0.2, -0.15) is 0 Å². The van der Waals surface area contributed by atoms with Gasteiger partial charge in [-0.05, 0) is 63.4 Å². The van der Waals surface area contributed by atoms with E-state index in [4.69, 9.17) is 5.73 Å². The average Bonchev–Trinajstić information content (AvgIpc) is 3.05. The zero-order valence-electron chi connectivity index (χ0n) is 14.0. The number of rotatable bonds is 6. The SMILES string of the molecule is CCN(CC)C(=O)c1ccc(NC(=O)[C@@H]2CCC[C@@H]2CN)cc1. The molecule has 1 aliphatic rings. The number of carbonyl (C=O) groups is 2. The molecule has 0 bridgehead atoms. The summed E-state index contributed by atoms with van der Waals surface area (Å²) in [6.07, 6.45) is 3.01. The van der Waals surface area contributed by atoms with Crippen LogP contribution in [0.5, 0.6) is 0 Å². The number of benzene rings is 1. The highest BCUT2D eigenvalue weighted by atomic mass is 16.2. The number of nitrogens with zero attached hydrogens (tertiary/aromatic N) is 1. The molecule has 0 heterocycles. The summed E-state index contributed by atoms with van der Waals surface area (Å²) in [5.41, 5.74) is 7.12. The Balaban J connectivity index is 2.00. The molecule has 0 saturated heterocycles. The number of hydrogen-bond donors (Lipinski definition) is 2. The van der Waals surface area contributed by atoms with Crippen LogP contribution in [0.25, 0.3) is 0 Å². The first kappa shape index (κ1) is 17.5. The third-order valence-corrected chi connectivity index (χ3v) is 4.75. The third-order valence-electron chi connectivity index (χ3n) is 4.75. The molecule has 0 aromatic heterocycles. The van der Waals surface area contributed by atoms with Crippen molar-refractivity contribution < 1.29 is 9.59 Å². The maximum Gasteiger partial charge on any atom is 0.253 e. The Kier molecular flexibility index (Phi) is 6.16. The van der Waals surface area contributed by atoms with Gasteiger partial charge in [0.15, 0.2) is 0 Å². The Morgan fingerprint density at radius 1 is 1.17 bits per heavy atom. The number of hydrogen-bond acceptors (Lipinski definition) is 3. The minimum atomic E-state index is 0.0111. The van der Waals surface area contributed by atoms with Gasteiger partial charge in [0.2, 0.25) is 5.91 Å². The summed E-state index contributed by atoms with van der Waals surface area (Å²) in [5, 5.41) is 2.95. The molecule has 0 spiro atoms. The van der Waals surface area contributed by atoms with Crippen LogP contribution in [0.4, 0.5) is 5.69 Å². The van der Waals surface area contributed by atoms with Gasteiger partial charge in [0.1, 0.15) is 0 Å². The molecule has 1 fully saturated rings. The van der Waals surface area contributed by atoms with Crippen molar-refractivity contribution in [2.45, 2.75) is 33.1 Å². The maximum atomic E-state index is 12.4. The highest BCUT2D eigenvalue weighted by molar-refractivity contribution is 5.96. The maximum absolute atomic E-state index is 12.4. The van der Waals surface area contributed by atoms with Crippen LogP contribution in [0.3, 0.4) is 0 Å². The van der Waals surface area contributed by atoms with E-state index in [1.807, 2.05) is 13.8 Å². The summed E-state index contributed by atoms with van der Waals surface area (Å²) in [6, 6.07) is 7.12. The van der Waals surface area contributed by atoms with Crippen molar-refractivity contribution >= 4 is 17.5 Å². The van der Waals surface area contributed by atoms with Crippen molar-refractivity contribution in [1.82, 2.24) is 4.90 Å². The fourth-order valence-corrected chi connectivity index (χ4v) is 3.29. The summed E-state index contributed by atoms with van der Waals surface area (Å²) in [4.78, 5) is 26.4. The van der Waals surface area contributed by atoms with Crippen molar-refractivity contribution in [3.05, 3.63) is 29.8 Å². The molecule has 0 radical (unpaired) electrons. The smallest absolute Gasteiger partial charge is 0.253 e. The number of amides is 2. The minimum absolute atomic E-state index is 0.0111. The molecule has 3 N–H and O–H groups in total. The Labute approximate surface area is 138 Å². The molecule has 2 rings (SSSR count). The van der Waals surface area contributed by atoms with Crippen LogP contribution in [0.1, 0.15) is 43.5 Å². The van der Waals surface area contributed by atoms with E-state index in [0.717, 1.165) is 24.9 Å². The van der Waals surface area contributed by atoms with E-state index >= 15 is 0 Å². The second-order valence-electron chi connectivity index (χ2n) is 6.08. The first-order chi connectivity index (χ1) is 11.1. The lowest BCUT2D eigenvalue weighted by Gasteiger charge is -2.19. The zero-order chi connectivity index (χ0) is 16.8. The van der Waals surface area contributed by atoms with Gasteiger partial charge in [0.25, 0.3) is 5.91 Å². The van der Waals surface area contributed by atoms with Crippen LogP contribution in [0.2, 0.25) is 0 Å². The van der Waals surface area contributed by atoms with Gasteiger partial charge in [-0.15, -0.1) is 0 Å². The summed E-state index contributed by atoms with van der Waals surface area (Å²) in [5.74, 6) is 0.364. The standard InChI is InChI=1S/C18H27N3O2/c1-3-21(4-2)18(23)13-8-10-15(11-9-13)20-17(22)16-7-5-6-14(16)12-19/h8-11,14,16H,3-7,12,19H2,1-2H3,(H,20,22)/t14-,16-/m1/s1. The van der Waals surface area contributed by atoms with Gasteiger partial charge >= 0.3 is 0 Å². The van der Waals surface area contributed by atoms with E-state index in [1.54, 1.807) is 29.2 Å². The molecule has 1 aromatic rings. The fourth-order valence-electron chi connectivity index (χ4n) is 3.29. The number of nitrogens with two attached hydrogens (primary N) is 1. The predicted octanol–water partition coefficient (Wildman–Crippen LogP) is 2.48. The number of nitrogens with one attached hydrogen (secondary N) is 1. The molecule has 5 heteroatoms. The number of anilines is 1. The van der Waals surface area contributed by atoms with Crippen LogP contribution >= 0.6 is 0 Å². The summed E-state index contributed by atoms with van der Waals surface area (Å²) >= 11 is 0. The van der Waals surface area contributed by atoms with Crippen LogP contribution < -0.4 is 11.1 Å². The molecule has 1 saturated carbocycles. The van der Waals surface area contributed by atoms with E-state index in [2.05, 4.69) is 5.32 Å². The Morgan fingerprint density at radius 3 is 2.39 bits per heavy atom. The van der Waals surface area contributed by atoms with Gasteiger partial charge in [-0.3, -0.25) is 9.59 Å². The molecule has 1 aliphatic carbocycles. The minimum Gasteiger partial charge on any atom is -0.339 e. The van der Waals surface area contributed by atoms with Crippen molar-refractivity contribution in [2.24, 2.45) is 17.6 Å². The Morgan fingerprint density at radius 2 is 1.83 bits per heavy atom. The second-order valence-corrected chi connectivity index (χ2v) is 6.08. The Bertz CT molecular complexity index is 538. The molecule has 2 atom stereocenters. The lowest BCUT2D eigenvalue weighted by atomic mass is 9.95. The van der Waals surface area contributed by atoms with E-state index in [1.165, 1.54) is 0 Å². The quantitative estimate of drug-likeness (QED) is 0.846. The molecule has 0 unspecified atom stereocenters. The van der Waals surface area contributed by atoms with E-state index < -0.39 is 0 Å². The highest BCUT2D eigenvalue weighted by Crippen LogP contribution is 2.31. The summed E-state index contributed by atoms with van der Waals surface area (Å²) in [6.45, 7) is 5.87. The van der Waals surface area contributed by atoms with E-state index in [-0.39, 0.29) is 17.7 Å². The zero-order valence-corrected chi connectivity index (χ0v) is 14.0. The molecule has 5 nitrogen and oxygen atoms in total.